The molecule has 3 aromatic rings. The minimum Gasteiger partial charge on any atom is -0.422 e. The fourth-order valence-corrected chi connectivity index (χ4v) is 2.44. The molecule has 0 aliphatic carbocycles. The summed E-state index contributed by atoms with van der Waals surface area (Å²) in [5.41, 5.74) is 0.506. The first-order valence-electron chi connectivity index (χ1n) is 6.79. The lowest BCUT2D eigenvalue weighted by Gasteiger charge is -2.06. The van der Waals surface area contributed by atoms with Gasteiger partial charge in [0.25, 0.3) is 5.91 Å². The highest BCUT2D eigenvalue weighted by molar-refractivity contribution is 6.31. The van der Waals surface area contributed by atoms with Crippen molar-refractivity contribution in [2.45, 2.75) is 6.54 Å². The molecule has 0 spiro atoms. The van der Waals surface area contributed by atoms with Gasteiger partial charge in [-0.3, -0.25) is 4.79 Å². The third-order valence-corrected chi connectivity index (χ3v) is 3.79. The minimum atomic E-state index is -0.687. The van der Waals surface area contributed by atoms with Crippen molar-refractivity contribution in [1.29, 1.82) is 0 Å². The van der Waals surface area contributed by atoms with Crippen molar-refractivity contribution in [3.8, 4) is 0 Å². The van der Waals surface area contributed by atoms with Crippen LogP contribution in [0.5, 0.6) is 0 Å². The van der Waals surface area contributed by atoms with Crippen LogP contribution in [0.3, 0.4) is 0 Å². The molecule has 6 heteroatoms. The maximum atomic E-state index is 12.2. The molecule has 0 saturated carbocycles. The Morgan fingerprint density at radius 3 is 2.43 bits per heavy atom. The van der Waals surface area contributed by atoms with Gasteiger partial charge in [-0.1, -0.05) is 35.3 Å². The van der Waals surface area contributed by atoms with Gasteiger partial charge in [0.05, 0.1) is 0 Å². The van der Waals surface area contributed by atoms with E-state index in [2.05, 4.69) is 5.32 Å². The van der Waals surface area contributed by atoms with Crippen LogP contribution in [-0.2, 0) is 6.54 Å². The Morgan fingerprint density at radius 1 is 1.00 bits per heavy atom. The summed E-state index contributed by atoms with van der Waals surface area (Å²) in [7, 11) is 0. The fourth-order valence-electron chi connectivity index (χ4n) is 2.13. The van der Waals surface area contributed by atoms with Gasteiger partial charge in [-0.25, -0.2) is 4.79 Å². The highest BCUT2D eigenvalue weighted by Gasteiger charge is 2.13. The first kappa shape index (κ1) is 15.6. The predicted molar refractivity (Wildman–Crippen MR) is 90.1 cm³/mol. The Labute approximate surface area is 141 Å². The Bertz CT molecular complexity index is 933. The topological polar surface area (TPSA) is 59.3 Å². The first-order valence-corrected chi connectivity index (χ1v) is 7.54. The van der Waals surface area contributed by atoms with E-state index in [4.69, 9.17) is 27.6 Å². The SMILES string of the molecule is O=C(NCc1ccc(Cl)cc1)c1cc2cc(Cl)ccc2oc1=O. The lowest BCUT2D eigenvalue weighted by atomic mass is 10.1. The zero-order valence-electron chi connectivity index (χ0n) is 11.8. The number of carbonyl (C=O) groups is 1. The Kier molecular flexibility index (Phi) is 4.37. The van der Waals surface area contributed by atoms with Crippen LogP contribution >= 0.6 is 23.2 Å². The molecule has 4 nitrogen and oxygen atoms in total. The van der Waals surface area contributed by atoms with Crippen LogP contribution in [0.4, 0.5) is 0 Å². The van der Waals surface area contributed by atoms with Crippen molar-refractivity contribution in [2.24, 2.45) is 0 Å². The molecule has 116 valence electrons. The van der Waals surface area contributed by atoms with Crippen LogP contribution in [0.2, 0.25) is 10.0 Å². The summed E-state index contributed by atoms with van der Waals surface area (Å²) in [5.74, 6) is -0.504. The molecule has 1 N–H and O–H groups in total. The molecule has 1 aromatic heterocycles. The van der Waals surface area contributed by atoms with Gasteiger partial charge in [-0.2, -0.15) is 0 Å². The van der Waals surface area contributed by atoms with Gasteiger partial charge in [-0.15, -0.1) is 0 Å². The highest BCUT2D eigenvalue weighted by Crippen LogP contribution is 2.19. The van der Waals surface area contributed by atoms with E-state index in [1.807, 2.05) is 0 Å². The second-order valence-electron chi connectivity index (χ2n) is 4.94. The van der Waals surface area contributed by atoms with E-state index in [0.29, 0.717) is 21.0 Å². The van der Waals surface area contributed by atoms with E-state index >= 15 is 0 Å². The molecule has 0 bridgehead atoms. The van der Waals surface area contributed by atoms with Crippen molar-refractivity contribution in [2.75, 3.05) is 0 Å². The molecule has 1 amide bonds. The predicted octanol–water partition coefficient (Wildman–Crippen LogP) is 4.03. The van der Waals surface area contributed by atoms with Gasteiger partial charge >= 0.3 is 5.63 Å². The van der Waals surface area contributed by atoms with Gasteiger partial charge in [-0.05, 0) is 42.0 Å². The number of hydrogen-bond donors (Lipinski definition) is 1. The average Bonchev–Trinajstić information content (AvgIpc) is 2.54. The van der Waals surface area contributed by atoms with E-state index in [0.717, 1.165) is 5.56 Å². The van der Waals surface area contributed by atoms with E-state index in [1.54, 1.807) is 42.5 Å². The number of nitrogens with one attached hydrogen (secondary N) is 1. The molecule has 3 rings (SSSR count). The summed E-state index contributed by atoms with van der Waals surface area (Å²) in [4.78, 5) is 24.1. The number of benzene rings is 2. The smallest absolute Gasteiger partial charge is 0.349 e. The summed E-state index contributed by atoms with van der Waals surface area (Å²) in [6.45, 7) is 0.281. The van der Waals surface area contributed by atoms with E-state index < -0.39 is 11.5 Å². The van der Waals surface area contributed by atoms with Crippen molar-refractivity contribution >= 4 is 40.1 Å². The molecular weight excluding hydrogens is 337 g/mol. The quantitative estimate of drug-likeness (QED) is 0.727. The van der Waals surface area contributed by atoms with Crippen LogP contribution in [-0.4, -0.2) is 5.91 Å². The zero-order chi connectivity index (χ0) is 16.4. The number of carbonyl (C=O) groups excluding carboxylic acids is 1. The summed E-state index contributed by atoms with van der Waals surface area (Å²) >= 11 is 11.7. The number of hydrogen-bond acceptors (Lipinski definition) is 3. The summed E-state index contributed by atoms with van der Waals surface area (Å²) in [5, 5.41) is 4.39. The second kappa shape index (κ2) is 6.44. The molecule has 2 aromatic carbocycles. The van der Waals surface area contributed by atoms with Crippen molar-refractivity contribution in [1.82, 2.24) is 5.32 Å². The molecule has 1 heterocycles. The molecule has 0 fully saturated rings. The molecule has 0 aliphatic rings. The van der Waals surface area contributed by atoms with Gasteiger partial charge in [0.15, 0.2) is 0 Å². The molecule has 0 radical (unpaired) electrons. The van der Waals surface area contributed by atoms with Crippen molar-refractivity contribution in [3.63, 3.8) is 0 Å². The number of rotatable bonds is 3. The Balaban J connectivity index is 1.84. The van der Waals surface area contributed by atoms with Gasteiger partial charge < -0.3 is 9.73 Å². The molecule has 23 heavy (non-hydrogen) atoms. The third kappa shape index (κ3) is 3.55. The largest absolute Gasteiger partial charge is 0.422 e. The van der Waals surface area contributed by atoms with Gasteiger partial charge in [0, 0.05) is 22.0 Å². The van der Waals surface area contributed by atoms with Crippen LogP contribution in [0.15, 0.2) is 57.7 Å². The number of fused-ring (bicyclic) bond motifs is 1. The maximum absolute atomic E-state index is 12.2. The van der Waals surface area contributed by atoms with Gasteiger partial charge in [0.2, 0.25) is 0 Å². The maximum Gasteiger partial charge on any atom is 0.349 e. The fraction of sp³-hybridized carbons (Fsp3) is 0.0588. The van der Waals surface area contributed by atoms with Crippen LogP contribution in [0.25, 0.3) is 11.0 Å². The Morgan fingerprint density at radius 2 is 1.70 bits per heavy atom. The summed E-state index contributed by atoms with van der Waals surface area (Å²) < 4.78 is 5.14. The Hall–Kier alpha value is -2.30. The van der Waals surface area contributed by atoms with Crippen LogP contribution < -0.4 is 10.9 Å². The van der Waals surface area contributed by atoms with E-state index in [-0.39, 0.29) is 12.1 Å². The molecule has 0 atom stereocenters. The monoisotopic (exact) mass is 347 g/mol. The molecular formula is C17H11Cl2NO3. The normalized spacial score (nSPS) is 10.7. The second-order valence-corrected chi connectivity index (χ2v) is 5.81. The summed E-state index contributed by atoms with van der Waals surface area (Å²) in [6.07, 6.45) is 0. The van der Waals surface area contributed by atoms with Gasteiger partial charge in [0.1, 0.15) is 11.1 Å². The highest BCUT2D eigenvalue weighted by atomic mass is 35.5. The standard InChI is InChI=1S/C17H11Cl2NO3/c18-12-3-1-10(2-4-12)9-20-16(21)14-8-11-7-13(19)5-6-15(11)23-17(14)22/h1-8H,9H2,(H,20,21). The number of halogens is 2. The molecule has 0 saturated heterocycles. The molecule has 0 unspecified atom stereocenters. The lowest BCUT2D eigenvalue weighted by Crippen LogP contribution is -2.27. The van der Waals surface area contributed by atoms with Crippen molar-refractivity contribution < 1.29 is 9.21 Å². The van der Waals surface area contributed by atoms with Crippen molar-refractivity contribution in [3.05, 3.63) is 80.1 Å². The lowest BCUT2D eigenvalue weighted by molar-refractivity contribution is 0.0947. The summed E-state index contributed by atoms with van der Waals surface area (Å²) in [6, 6.07) is 13.4. The zero-order valence-corrected chi connectivity index (χ0v) is 13.3. The van der Waals surface area contributed by atoms with Crippen LogP contribution in [0, 0.1) is 0 Å². The number of amides is 1. The third-order valence-electron chi connectivity index (χ3n) is 3.31. The van der Waals surface area contributed by atoms with E-state index in [1.165, 1.54) is 6.07 Å². The van der Waals surface area contributed by atoms with Crippen LogP contribution in [0.1, 0.15) is 15.9 Å². The molecule has 0 aliphatic heterocycles. The minimum absolute atomic E-state index is 0.0614. The first-order chi connectivity index (χ1) is 11.0. The van der Waals surface area contributed by atoms with E-state index in [9.17, 15) is 9.59 Å². The average molecular weight is 348 g/mol.